The summed E-state index contributed by atoms with van der Waals surface area (Å²) >= 11 is 5.89. The summed E-state index contributed by atoms with van der Waals surface area (Å²) in [5.74, 6) is -0.133. The lowest BCUT2D eigenvalue weighted by atomic mass is 10.1. The molecule has 2 N–H and O–H groups in total. The molecule has 0 aliphatic heterocycles. The Labute approximate surface area is 174 Å². The van der Waals surface area contributed by atoms with Crippen molar-refractivity contribution in [2.45, 2.75) is 0 Å². The second-order valence-electron chi connectivity index (χ2n) is 6.11. The molecule has 29 heavy (non-hydrogen) atoms. The first-order chi connectivity index (χ1) is 14.0. The standard InChI is InChI=1S/C23H19ClN2O3/c1-29-20-13-7-16(8-14-20)15-21(26-22(27)17-5-3-2-4-6-17)23(28)25-19-11-9-18(24)10-12-19/h2-15H,1H3,(H,25,28)(H,26,27)/b21-15+. The van der Waals surface area contributed by atoms with E-state index in [1.807, 2.05) is 6.07 Å². The summed E-state index contributed by atoms with van der Waals surface area (Å²) in [6.07, 6.45) is 1.60. The number of hydrogen-bond donors (Lipinski definition) is 2. The monoisotopic (exact) mass is 406 g/mol. The van der Waals surface area contributed by atoms with Crippen LogP contribution in [0.3, 0.4) is 0 Å². The van der Waals surface area contributed by atoms with E-state index in [2.05, 4.69) is 10.6 Å². The topological polar surface area (TPSA) is 67.4 Å². The smallest absolute Gasteiger partial charge is 0.272 e. The molecular formula is C23H19ClN2O3. The summed E-state index contributed by atoms with van der Waals surface area (Å²) in [6, 6.07) is 22.6. The molecule has 5 nitrogen and oxygen atoms in total. The zero-order chi connectivity index (χ0) is 20.6. The Morgan fingerprint density at radius 1 is 0.897 bits per heavy atom. The largest absolute Gasteiger partial charge is 0.497 e. The summed E-state index contributed by atoms with van der Waals surface area (Å²) < 4.78 is 5.15. The number of methoxy groups -OCH3 is 1. The van der Waals surface area contributed by atoms with Crippen molar-refractivity contribution in [1.82, 2.24) is 5.32 Å². The van der Waals surface area contributed by atoms with Crippen molar-refractivity contribution >= 4 is 35.2 Å². The van der Waals surface area contributed by atoms with Gasteiger partial charge in [0.15, 0.2) is 0 Å². The molecule has 3 aromatic carbocycles. The van der Waals surface area contributed by atoms with E-state index in [1.165, 1.54) is 0 Å². The van der Waals surface area contributed by atoms with Gasteiger partial charge in [-0.05, 0) is 60.2 Å². The summed E-state index contributed by atoms with van der Waals surface area (Å²) in [7, 11) is 1.58. The number of amides is 2. The average molecular weight is 407 g/mol. The predicted octanol–water partition coefficient (Wildman–Crippen LogP) is 4.76. The molecule has 2 amide bonds. The van der Waals surface area contributed by atoms with Crippen LogP contribution in [0.1, 0.15) is 15.9 Å². The zero-order valence-corrected chi connectivity index (χ0v) is 16.4. The number of carbonyl (C=O) groups is 2. The van der Waals surface area contributed by atoms with Crippen LogP contribution >= 0.6 is 11.6 Å². The molecule has 0 radical (unpaired) electrons. The van der Waals surface area contributed by atoms with Gasteiger partial charge < -0.3 is 15.4 Å². The fourth-order valence-corrected chi connectivity index (χ4v) is 2.67. The van der Waals surface area contributed by atoms with Gasteiger partial charge in [-0.2, -0.15) is 0 Å². The van der Waals surface area contributed by atoms with Gasteiger partial charge in [-0.15, -0.1) is 0 Å². The maximum Gasteiger partial charge on any atom is 0.272 e. The highest BCUT2D eigenvalue weighted by atomic mass is 35.5. The van der Waals surface area contributed by atoms with Crippen LogP contribution < -0.4 is 15.4 Å². The first kappa shape index (κ1) is 20.2. The lowest BCUT2D eigenvalue weighted by Gasteiger charge is -2.11. The van der Waals surface area contributed by atoms with Gasteiger partial charge in [0.25, 0.3) is 11.8 Å². The van der Waals surface area contributed by atoms with Crippen LogP contribution in [0.5, 0.6) is 5.75 Å². The Hall–Kier alpha value is -3.57. The highest BCUT2D eigenvalue weighted by molar-refractivity contribution is 6.30. The molecule has 0 aromatic heterocycles. The van der Waals surface area contributed by atoms with Gasteiger partial charge in [-0.25, -0.2) is 0 Å². The zero-order valence-electron chi connectivity index (χ0n) is 15.7. The van der Waals surface area contributed by atoms with Gasteiger partial charge in [0.2, 0.25) is 0 Å². The molecular weight excluding hydrogens is 388 g/mol. The number of anilines is 1. The molecule has 3 rings (SSSR count). The van der Waals surface area contributed by atoms with Gasteiger partial charge in [-0.1, -0.05) is 41.9 Å². The highest BCUT2D eigenvalue weighted by Gasteiger charge is 2.15. The van der Waals surface area contributed by atoms with E-state index in [4.69, 9.17) is 16.3 Å². The van der Waals surface area contributed by atoms with E-state index >= 15 is 0 Å². The minimum atomic E-state index is -0.451. The molecule has 146 valence electrons. The fraction of sp³-hybridized carbons (Fsp3) is 0.0435. The lowest BCUT2D eigenvalue weighted by molar-refractivity contribution is -0.113. The van der Waals surface area contributed by atoms with Crippen LogP contribution in [0.25, 0.3) is 6.08 Å². The predicted molar refractivity (Wildman–Crippen MR) is 115 cm³/mol. The van der Waals surface area contributed by atoms with Gasteiger partial charge in [0.1, 0.15) is 11.4 Å². The van der Waals surface area contributed by atoms with Crippen LogP contribution in [0.15, 0.2) is 84.6 Å². The third kappa shape index (κ3) is 5.70. The maximum atomic E-state index is 12.8. The van der Waals surface area contributed by atoms with Crippen molar-refractivity contribution < 1.29 is 14.3 Å². The minimum absolute atomic E-state index is 0.110. The summed E-state index contributed by atoms with van der Waals surface area (Å²) in [4.78, 5) is 25.4. The van der Waals surface area contributed by atoms with Gasteiger partial charge >= 0.3 is 0 Å². The van der Waals surface area contributed by atoms with Crippen LogP contribution in [0, 0.1) is 0 Å². The SMILES string of the molecule is COc1ccc(/C=C(/NC(=O)c2ccccc2)C(=O)Nc2ccc(Cl)cc2)cc1. The van der Waals surface area contributed by atoms with Gasteiger partial charge in [0.05, 0.1) is 7.11 Å². The van der Waals surface area contributed by atoms with Crippen LogP contribution in [-0.2, 0) is 4.79 Å². The van der Waals surface area contributed by atoms with Crippen molar-refractivity contribution in [1.29, 1.82) is 0 Å². The third-order valence-electron chi connectivity index (χ3n) is 4.06. The Morgan fingerprint density at radius 2 is 1.55 bits per heavy atom. The molecule has 0 aliphatic carbocycles. The number of hydrogen-bond acceptors (Lipinski definition) is 3. The average Bonchev–Trinajstić information content (AvgIpc) is 2.76. The first-order valence-corrected chi connectivity index (χ1v) is 9.22. The summed E-state index contributed by atoms with van der Waals surface area (Å²) in [5.41, 5.74) is 1.86. The maximum absolute atomic E-state index is 12.8. The van der Waals surface area contributed by atoms with Crippen LogP contribution in [0.2, 0.25) is 5.02 Å². The third-order valence-corrected chi connectivity index (χ3v) is 4.31. The number of benzene rings is 3. The number of nitrogens with one attached hydrogen (secondary N) is 2. The fourth-order valence-electron chi connectivity index (χ4n) is 2.54. The molecule has 0 unspecified atom stereocenters. The number of rotatable bonds is 6. The van der Waals surface area contributed by atoms with E-state index < -0.39 is 5.91 Å². The second kappa shape index (κ2) is 9.57. The molecule has 3 aromatic rings. The first-order valence-electron chi connectivity index (χ1n) is 8.84. The number of halogens is 1. The Kier molecular flexibility index (Phi) is 6.66. The molecule has 0 fully saturated rings. The number of carbonyl (C=O) groups excluding carboxylic acids is 2. The van der Waals surface area contributed by atoms with Crippen molar-refractivity contribution in [3.63, 3.8) is 0 Å². The Balaban J connectivity index is 1.86. The van der Waals surface area contributed by atoms with Crippen LogP contribution in [0.4, 0.5) is 5.69 Å². The van der Waals surface area contributed by atoms with E-state index in [9.17, 15) is 9.59 Å². The molecule has 0 atom stereocenters. The lowest BCUT2D eigenvalue weighted by Crippen LogP contribution is -2.30. The van der Waals surface area contributed by atoms with Crippen molar-refractivity contribution in [2.24, 2.45) is 0 Å². The van der Waals surface area contributed by atoms with E-state index in [-0.39, 0.29) is 11.6 Å². The molecule has 0 aliphatic rings. The highest BCUT2D eigenvalue weighted by Crippen LogP contribution is 2.16. The minimum Gasteiger partial charge on any atom is -0.497 e. The van der Waals surface area contributed by atoms with Crippen LogP contribution in [-0.4, -0.2) is 18.9 Å². The van der Waals surface area contributed by atoms with Crippen molar-refractivity contribution in [3.05, 3.63) is 101 Å². The summed E-state index contributed by atoms with van der Waals surface area (Å²) in [5, 5.41) is 6.02. The van der Waals surface area contributed by atoms with Gasteiger partial charge in [0, 0.05) is 16.3 Å². The van der Waals surface area contributed by atoms with Gasteiger partial charge in [-0.3, -0.25) is 9.59 Å². The van der Waals surface area contributed by atoms with Crippen molar-refractivity contribution in [2.75, 3.05) is 12.4 Å². The number of ether oxygens (including phenoxy) is 1. The van der Waals surface area contributed by atoms with E-state index in [1.54, 1.807) is 86.0 Å². The second-order valence-corrected chi connectivity index (χ2v) is 6.55. The molecule has 0 bridgehead atoms. The quantitative estimate of drug-likeness (QED) is 0.580. The molecule has 0 heterocycles. The van der Waals surface area contributed by atoms with E-state index in [0.717, 1.165) is 5.56 Å². The molecule has 0 saturated heterocycles. The molecule has 0 spiro atoms. The van der Waals surface area contributed by atoms with E-state index in [0.29, 0.717) is 22.0 Å². The normalized spacial score (nSPS) is 10.9. The Morgan fingerprint density at radius 3 is 2.17 bits per heavy atom. The Bertz CT molecular complexity index is 1010. The summed E-state index contributed by atoms with van der Waals surface area (Å²) in [6.45, 7) is 0. The van der Waals surface area contributed by atoms with Crippen molar-refractivity contribution in [3.8, 4) is 5.75 Å². The molecule has 6 heteroatoms. The molecule has 0 saturated carbocycles.